The van der Waals surface area contributed by atoms with E-state index < -0.39 is 93.2 Å². The van der Waals surface area contributed by atoms with E-state index in [2.05, 4.69) is 4.74 Å². The van der Waals surface area contributed by atoms with E-state index in [9.17, 15) is 84.6 Å². The maximum atomic E-state index is 14.2. The number of ketones is 1. The van der Waals surface area contributed by atoms with Crippen molar-refractivity contribution in [2.24, 2.45) is 0 Å². The minimum Gasteiger partial charge on any atom is -0.462 e. The molecule has 41 heavy (non-hydrogen) atoms. The Hall–Kier alpha value is -2.81. The van der Waals surface area contributed by atoms with Crippen LogP contribution in [0.5, 0.6) is 0 Å². The molecule has 1 aromatic heterocycles. The Morgan fingerprint density at radius 1 is 0.780 bits per heavy atom. The van der Waals surface area contributed by atoms with E-state index in [-0.39, 0.29) is 11.3 Å². The van der Waals surface area contributed by atoms with Crippen LogP contribution in [-0.2, 0) is 9.53 Å². The van der Waals surface area contributed by atoms with E-state index in [0.717, 1.165) is 20.8 Å². The number of halogens is 16. The highest BCUT2D eigenvalue weighted by molar-refractivity contribution is 7.18. The highest BCUT2D eigenvalue weighted by Gasteiger charge is 2.94. The van der Waals surface area contributed by atoms with Crippen molar-refractivity contribution in [3.8, 4) is 0 Å². The molecule has 0 aromatic carbocycles. The zero-order valence-corrected chi connectivity index (χ0v) is 20.7. The second-order valence-corrected chi connectivity index (χ2v) is 8.88. The number of amides is 1. The van der Waals surface area contributed by atoms with Gasteiger partial charge in [0.2, 0.25) is 0 Å². The minimum absolute atomic E-state index is 0.140. The largest absolute Gasteiger partial charge is 0.462 e. The van der Waals surface area contributed by atoms with Crippen LogP contribution in [0.15, 0.2) is 0 Å². The number of anilines is 1. The Balaban J connectivity index is 3.69. The van der Waals surface area contributed by atoms with Crippen LogP contribution in [0.3, 0.4) is 0 Å². The van der Waals surface area contributed by atoms with Gasteiger partial charge in [0, 0.05) is 0 Å². The van der Waals surface area contributed by atoms with Gasteiger partial charge in [0.25, 0.3) is 0 Å². The molecule has 0 bridgehead atoms. The Bertz CT molecular complexity index is 1190. The lowest BCUT2D eigenvalue weighted by Gasteiger charge is -2.42. The first kappa shape index (κ1) is 36.2. The van der Waals surface area contributed by atoms with Gasteiger partial charge in [0.1, 0.15) is 5.00 Å². The number of Topliss-reactive ketones (excluding diaryl/α,β-unsaturated/α-hetero) is 1. The summed E-state index contributed by atoms with van der Waals surface area (Å²) < 4.78 is 220. The topological polar surface area (TPSA) is 72.5 Å². The van der Waals surface area contributed by atoms with E-state index in [1.165, 1.54) is 0 Å². The molecule has 1 N–H and O–H groups in total. The van der Waals surface area contributed by atoms with Crippen molar-refractivity contribution < 1.29 is 89.4 Å². The lowest BCUT2D eigenvalue weighted by molar-refractivity contribution is -0.443. The summed E-state index contributed by atoms with van der Waals surface area (Å²) >= 11 is -0.140. The molecule has 0 saturated heterocycles. The third-order valence-electron chi connectivity index (χ3n) is 5.12. The molecule has 1 aromatic rings. The number of alkyl halides is 16. The standard InChI is InChI=1S/C19H13F16NO4S/c1-4-40-10(38)7-5(2)8(6(3)37)41-9(7)36-12(39)14(24,25)16(28,29)18(32,33)19(34,35)17(30,31)15(26,27)13(22,23)11(20)21/h11H,4H2,1-3H3,(H,36,39). The predicted molar refractivity (Wildman–Crippen MR) is 104 cm³/mol. The molecule has 0 fully saturated rings. The number of rotatable bonds is 12. The van der Waals surface area contributed by atoms with Gasteiger partial charge in [-0.15, -0.1) is 11.3 Å². The summed E-state index contributed by atoms with van der Waals surface area (Å²) in [6, 6.07) is 0. The smallest absolute Gasteiger partial charge is 0.393 e. The second kappa shape index (κ2) is 10.8. The number of hydrogen-bond donors (Lipinski definition) is 1. The fraction of sp³-hybridized carbons (Fsp3) is 0.632. The first-order valence-electron chi connectivity index (χ1n) is 10.1. The number of thiophene rings is 1. The van der Waals surface area contributed by atoms with E-state index in [0.29, 0.717) is 5.32 Å². The normalized spacial score (nSPS) is 14.3. The fourth-order valence-corrected chi connectivity index (χ4v) is 3.93. The van der Waals surface area contributed by atoms with Gasteiger partial charge < -0.3 is 10.1 Å². The average molecular weight is 655 g/mol. The molecule has 5 nitrogen and oxygen atoms in total. The van der Waals surface area contributed by atoms with Crippen LogP contribution in [-0.4, -0.2) is 72.1 Å². The van der Waals surface area contributed by atoms with E-state index in [1.54, 1.807) is 0 Å². The number of nitrogens with one attached hydrogen (secondary N) is 1. The third-order valence-corrected chi connectivity index (χ3v) is 6.43. The molecule has 0 aliphatic heterocycles. The monoisotopic (exact) mass is 655 g/mol. The van der Waals surface area contributed by atoms with Crippen LogP contribution in [0.2, 0.25) is 0 Å². The molecule has 0 aliphatic carbocycles. The number of ether oxygens (including phenoxy) is 1. The van der Waals surface area contributed by atoms with Crippen molar-refractivity contribution in [2.45, 2.75) is 68.7 Å². The zero-order valence-electron chi connectivity index (χ0n) is 19.9. The Labute approximate surface area is 220 Å². The predicted octanol–water partition coefficient (Wildman–Crippen LogP) is 7.09. The van der Waals surface area contributed by atoms with E-state index in [4.69, 9.17) is 0 Å². The summed E-state index contributed by atoms with van der Waals surface area (Å²) in [5, 5.41) is -0.616. The summed E-state index contributed by atoms with van der Waals surface area (Å²) in [6.07, 6.45) is -5.98. The third kappa shape index (κ3) is 5.19. The van der Waals surface area contributed by atoms with Gasteiger partial charge in [0.15, 0.2) is 5.78 Å². The molecule has 0 spiro atoms. The minimum atomic E-state index is -8.67. The number of hydrogen-bond acceptors (Lipinski definition) is 5. The Morgan fingerprint density at radius 2 is 1.20 bits per heavy atom. The quantitative estimate of drug-likeness (QED) is 0.148. The van der Waals surface area contributed by atoms with Crippen LogP contribution >= 0.6 is 11.3 Å². The van der Waals surface area contributed by atoms with Crippen LogP contribution in [0, 0.1) is 6.92 Å². The van der Waals surface area contributed by atoms with Crippen molar-refractivity contribution in [1.29, 1.82) is 0 Å². The molecular formula is C19H13F16NO4S. The molecule has 0 unspecified atom stereocenters. The van der Waals surface area contributed by atoms with Gasteiger partial charge >= 0.3 is 59.8 Å². The molecule has 0 saturated carbocycles. The number of carbonyl (C=O) groups excluding carboxylic acids is 3. The zero-order chi connectivity index (χ0) is 32.9. The Morgan fingerprint density at radius 3 is 1.59 bits per heavy atom. The number of esters is 1. The maximum Gasteiger partial charge on any atom is 0.393 e. The van der Waals surface area contributed by atoms with Crippen molar-refractivity contribution >= 4 is 34.0 Å². The molecule has 1 amide bonds. The summed E-state index contributed by atoms with van der Waals surface area (Å²) in [6.45, 7) is 2.39. The lowest BCUT2D eigenvalue weighted by atomic mass is 9.89. The molecule has 0 radical (unpaired) electrons. The average Bonchev–Trinajstić information content (AvgIpc) is 3.13. The van der Waals surface area contributed by atoms with Crippen molar-refractivity contribution in [3.63, 3.8) is 0 Å². The summed E-state index contributed by atoms with van der Waals surface area (Å²) in [7, 11) is 0. The summed E-state index contributed by atoms with van der Waals surface area (Å²) in [5.41, 5.74) is -1.49. The van der Waals surface area contributed by atoms with Gasteiger partial charge in [0.05, 0.1) is 17.0 Å². The van der Waals surface area contributed by atoms with Gasteiger partial charge in [-0.25, -0.2) is 13.6 Å². The van der Waals surface area contributed by atoms with Crippen LogP contribution in [0.1, 0.15) is 39.4 Å². The second-order valence-electron chi connectivity index (χ2n) is 7.86. The fourth-order valence-electron chi connectivity index (χ4n) is 2.85. The van der Waals surface area contributed by atoms with Crippen molar-refractivity contribution in [2.75, 3.05) is 11.9 Å². The van der Waals surface area contributed by atoms with Crippen molar-refractivity contribution in [3.05, 3.63) is 16.0 Å². The first-order valence-corrected chi connectivity index (χ1v) is 10.9. The lowest BCUT2D eigenvalue weighted by Crippen LogP contribution is -2.74. The van der Waals surface area contributed by atoms with Crippen LogP contribution in [0.25, 0.3) is 0 Å². The van der Waals surface area contributed by atoms with Gasteiger partial charge in [-0.2, -0.15) is 61.5 Å². The molecule has 1 heterocycles. The molecule has 0 atom stereocenters. The van der Waals surface area contributed by atoms with Crippen LogP contribution < -0.4 is 5.32 Å². The molecule has 236 valence electrons. The SMILES string of the molecule is CCOC(=O)c1c(NC(=O)C(F)(F)C(F)(F)C(F)(F)C(F)(F)C(F)(F)C(F)(F)C(F)(F)C(F)F)sc(C(C)=O)c1C. The number of carbonyl (C=O) groups is 3. The van der Waals surface area contributed by atoms with E-state index >= 15 is 0 Å². The molecule has 0 aliphatic rings. The van der Waals surface area contributed by atoms with Gasteiger partial charge in [-0.1, -0.05) is 0 Å². The molecule has 22 heteroatoms. The summed E-state index contributed by atoms with van der Waals surface area (Å²) in [5.74, 6) is -63.4. The molecular weight excluding hydrogens is 642 g/mol. The van der Waals surface area contributed by atoms with E-state index in [1.807, 2.05) is 0 Å². The highest BCUT2D eigenvalue weighted by Crippen LogP contribution is 2.62. The highest BCUT2D eigenvalue weighted by atomic mass is 32.1. The van der Waals surface area contributed by atoms with Gasteiger partial charge in [-0.3, -0.25) is 9.59 Å². The summed E-state index contributed by atoms with van der Waals surface area (Å²) in [4.78, 5) is 35.0. The van der Waals surface area contributed by atoms with Crippen LogP contribution in [0.4, 0.5) is 75.2 Å². The van der Waals surface area contributed by atoms with Gasteiger partial charge in [-0.05, 0) is 26.3 Å². The maximum absolute atomic E-state index is 14.2. The van der Waals surface area contributed by atoms with Crippen molar-refractivity contribution in [1.82, 2.24) is 0 Å². The first-order chi connectivity index (χ1) is 18.0. The Kier molecular flexibility index (Phi) is 9.53. The molecule has 1 rings (SSSR count).